The third kappa shape index (κ3) is 6.21. The average Bonchev–Trinajstić information content (AvgIpc) is 2.38. The van der Waals surface area contributed by atoms with Crippen LogP contribution in [0.3, 0.4) is 0 Å². The highest BCUT2D eigenvalue weighted by atomic mass is 16.5. The van der Waals surface area contributed by atoms with E-state index < -0.39 is 5.97 Å². The normalized spacial score (nSPS) is 9.71. The van der Waals surface area contributed by atoms with Gasteiger partial charge in [0.1, 0.15) is 0 Å². The van der Waals surface area contributed by atoms with Crippen molar-refractivity contribution in [3.05, 3.63) is 42.0 Å². The van der Waals surface area contributed by atoms with Crippen molar-refractivity contribution in [2.24, 2.45) is 0 Å². The molecule has 0 aliphatic heterocycles. The quantitative estimate of drug-likeness (QED) is 0.342. The largest absolute Gasteiger partial charge is 0.459 e. The molecule has 0 N–H and O–H groups in total. The summed E-state index contributed by atoms with van der Waals surface area (Å²) in [4.78, 5) is 10.7. The second-order valence-corrected chi connectivity index (χ2v) is 3.50. The van der Waals surface area contributed by atoms with E-state index in [1.807, 2.05) is 18.2 Å². The fourth-order valence-electron chi connectivity index (χ4n) is 1.28. The van der Waals surface area contributed by atoms with Crippen molar-refractivity contribution >= 4 is 12.0 Å². The molecule has 0 aliphatic carbocycles. The van der Waals surface area contributed by atoms with E-state index >= 15 is 0 Å². The number of benzene rings is 1. The molecule has 0 aromatic heterocycles. The van der Waals surface area contributed by atoms with Crippen LogP contribution in [-0.4, -0.2) is 13.1 Å². The number of esters is 1. The summed E-state index contributed by atoms with van der Waals surface area (Å²) in [5.74, 6) is 4.71. The average molecular weight is 228 g/mol. The summed E-state index contributed by atoms with van der Waals surface area (Å²) < 4.78 is 4.41. The van der Waals surface area contributed by atoms with Crippen LogP contribution in [-0.2, 0) is 9.53 Å². The highest BCUT2D eigenvalue weighted by molar-refractivity contribution is 5.88. The number of methoxy groups -OCH3 is 1. The minimum Gasteiger partial charge on any atom is -0.459 e. The molecule has 1 aromatic carbocycles. The van der Waals surface area contributed by atoms with Gasteiger partial charge in [-0.2, -0.15) is 0 Å². The molecule has 1 rings (SSSR count). The van der Waals surface area contributed by atoms with Gasteiger partial charge in [-0.3, -0.25) is 0 Å². The molecular weight excluding hydrogens is 212 g/mol. The first kappa shape index (κ1) is 13.1. The molecule has 1 aromatic rings. The second kappa shape index (κ2) is 8.18. The van der Waals surface area contributed by atoms with Crippen molar-refractivity contribution in [2.75, 3.05) is 7.11 Å². The molecule has 0 fully saturated rings. The lowest BCUT2D eigenvalue weighted by atomic mass is 10.1. The van der Waals surface area contributed by atoms with Crippen molar-refractivity contribution in [3.8, 4) is 11.8 Å². The fraction of sp³-hybridized carbons (Fsp3) is 0.267. The zero-order chi connectivity index (χ0) is 12.3. The van der Waals surface area contributed by atoms with Gasteiger partial charge in [-0.05, 0) is 18.4 Å². The molecule has 88 valence electrons. The molecule has 0 unspecified atom stereocenters. The van der Waals surface area contributed by atoms with Crippen LogP contribution >= 0.6 is 0 Å². The molecule has 0 radical (unpaired) electrons. The number of carbonyl (C=O) groups excluding carboxylic acids is 1. The van der Waals surface area contributed by atoms with Gasteiger partial charge in [-0.25, -0.2) is 4.79 Å². The Hall–Kier alpha value is -2.01. The van der Waals surface area contributed by atoms with E-state index in [9.17, 15) is 4.79 Å². The third-order valence-corrected chi connectivity index (χ3v) is 2.16. The topological polar surface area (TPSA) is 26.3 Å². The summed E-state index contributed by atoms with van der Waals surface area (Å²) in [6.45, 7) is 0. The van der Waals surface area contributed by atoms with Crippen molar-refractivity contribution in [3.63, 3.8) is 0 Å². The SMILES string of the molecule is COC(=O)C#CCCC/C=C/c1ccccc1. The molecule has 0 heterocycles. The molecule has 2 nitrogen and oxygen atoms in total. The maximum atomic E-state index is 10.7. The van der Waals surface area contributed by atoms with Crippen LogP contribution in [0.1, 0.15) is 24.8 Å². The van der Waals surface area contributed by atoms with Gasteiger partial charge >= 0.3 is 5.97 Å². The zero-order valence-electron chi connectivity index (χ0n) is 9.98. The fourth-order valence-corrected chi connectivity index (χ4v) is 1.28. The van der Waals surface area contributed by atoms with E-state index in [0.29, 0.717) is 6.42 Å². The molecule has 0 atom stereocenters. The van der Waals surface area contributed by atoms with E-state index in [1.165, 1.54) is 12.7 Å². The Kier molecular flexibility index (Phi) is 6.28. The summed E-state index contributed by atoms with van der Waals surface area (Å²) in [5.41, 5.74) is 1.20. The Labute approximate surface area is 102 Å². The minimum atomic E-state index is -0.468. The molecule has 0 amide bonds. The van der Waals surface area contributed by atoms with Crippen LogP contribution in [0.25, 0.3) is 6.08 Å². The maximum absolute atomic E-state index is 10.7. The Morgan fingerprint density at radius 3 is 2.82 bits per heavy atom. The molecule has 0 bridgehead atoms. The summed E-state index contributed by atoms with van der Waals surface area (Å²) in [6.07, 6.45) is 6.84. The van der Waals surface area contributed by atoms with E-state index in [1.54, 1.807) is 0 Å². The molecule has 2 heteroatoms. The molecular formula is C15H16O2. The van der Waals surface area contributed by atoms with Gasteiger partial charge in [0.05, 0.1) is 7.11 Å². The van der Waals surface area contributed by atoms with Crippen LogP contribution in [0.5, 0.6) is 0 Å². The van der Waals surface area contributed by atoms with E-state index in [-0.39, 0.29) is 0 Å². The number of ether oxygens (including phenoxy) is 1. The van der Waals surface area contributed by atoms with Crippen LogP contribution in [0.2, 0.25) is 0 Å². The van der Waals surface area contributed by atoms with Crippen LogP contribution in [0.15, 0.2) is 36.4 Å². The molecule has 0 spiro atoms. The second-order valence-electron chi connectivity index (χ2n) is 3.50. The first-order chi connectivity index (χ1) is 8.33. The van der Waals surface area contributed by atoms with Crippen molar-refractivity contribution in [1.82, 2.24) is 0 Å². The smallest absolute Gasteiger partial charge is 0.384 e. The van der Waals surface area contributed by atoms with Gasteiger partial charge in [-0.15, -0.1) is 0 Å². The van der Waals surface area contributed by atoms with E-state index in [0.717, 1.165) is 12.8 Å². The predicted molar refractivity (Wildman–Crippen MR) is 69.1 cm³/mol. The van der Waals surface area contributed by atoms with Gasteiger partial charge in [-0.1, -0.05) is 48.4 Å². The van der Waals surface area contributed by atoms with Gasteiger partial charge < -0.3 is 4.74 Å². The van der Waals surface area contributed by atoms with Gasteiger partial charge in [0, 0.05) is 12.3 Å². The van der Waals surface area contributed by atoms with Crippen molar-refractivity contribution in [1.29, 1.82) is 0 Å². The highest BCUT2D eigenvalue weighted by Crippen LogP contribution is 2.03. The Balaban J connectivity index is 2.18. The molecule has 0 saturated carbocycles. The first-order valence-corrected chi connectivity index (χ1v) is 5.61. The molecule has 0 aliphatic rings. The minimum absolute atomic E-state index is 0.468. The number of carbonyl (C=O) groups is 1. The van der Waals surface area contributed by atoms with Crippen molar-refractivity contribution < 1.29 is 9.53 Å². The number of hydrogen-bond donors (Lipinski definition) is 0. The summed E-state index contributed by atoms with van der Waals surface area (Å²) in [5, 5.41) is 0. The molecule has 17 heavy (non-hydrogen) atoms. The Morgan fingerprint density at radius 2 is 2.12 bits per heavy atom. The van der Waals surface area contributed by atoms with Gasteiger partial charge in [0.2, 0.25) is 0 Å². The summed E-state index contributed by atoms with van der Waals surface area (Å²) >= 11 is 0. The van der Waals surface area contributed by atoms with Gasteiger partial charge in [0.25, 0.3) is 0 Å². The van der Waals surface area contributed by atoms with Crippen LogP contribution in [0, 0.1) is 11.8 Å². The number of unbranched alkanes of at least 4 members (excludes halogenated alkanes) is 2. The summed E-state index contributed by atoms with van der Waals surface area (Å²) in [6, 6.07) is 10.2. The predicted octanol–water partition coefficient (Wildman–Crippen LogP) is 3.05. The standard InChI is InChI=1S/C15H16O2/c1-17-15(16)13-9-4-2-3-6-10-14-11-7-5-8-12-14/h5-8,10-12H,2-4H2,1H3/b10-6+. The summed E-state index contributed by atoms with van der Waals surface area (Å²) in [7, 11) is 1.33. The zero-order valence-corrected chi connectivity index (χ0v) is 9.98. The number of rotatable bonds is 4. The number of allylic oxidation sites excluding steroid dienone is 1. The Morgan fingerprint density at radius 1 is 1.35 bits per heavy atom. The van der Waals surface area contributed by atoms with Crippen molar-refractivity contribution in [2.45, 2.75) is 19.3 Å². The lowest BCUT2D eigenvalue weighted by Crippen LogP contribution is -1.93. The van der Waals surface area contributed by atoms with Crippen LogP contribution < -0.4 is 0 Å². The number of hydrogen-bond acceptors (Lipinski definition) is 2. The molecule has 0 saturated heterocycles. The first-order valence-electron chi connectivity index (χ1n) is 5.61. The highest BCUT2D eigenvalue weighted by Gasteiger charge is 1.88. The van der Waals surface area contributed by atoms with Crippen LogP contribution in [0.4, 0.5) is 0 Å². The van der Waals surface area contributed by atoms with E-state index in [2.05, 4.69) is 40.9 Å². The maximum Gasteiger partial charge on any atom is 0.384 e. The monoisotopic (exact) mass is 228 g/mol. The third-order valence-electron chi connectivity index (χ3n) is 2.16. The van der Waals surface area contributed by atoms with E-state index in [4.69, 9.17) is 0 Å². The van der Waals surface area contributed by atoms with Gasteiger partial charge in [0.15, 0.2) is 0 Å². The lowest BCUT2D eigenvalue weighted by molar-refractivity contribution is -0.133. The lowest BCUT2D eigenvalue weighted by Gasteiger charge is -1.91. The Bertz CT molecular complexity index is 421.